The minimum atomic E-state index is -0.515. The third-order valence-corrected chi connectivity index (χ3v) is 12.0. The molecule has 3 saturated carbocycles. The second kappa shape index (κ2) is 12.5. The molecule has 0 bridgehead atoms. The van der Waals surface area contributed by atoms with Gasteiger partial charge < -0.3 is 14.5 Å². The number of pyridine rings is 1. The number of Topliss-reactive ketones (excluding diaryl/α,β-unsaturated/α-hetero) is 1. The Labute approximate surface area is 268 Å². The zero-order valence-electron chi connectivity index (χ0n) is 26.1. The van der Waals surface area contributed by atoms with Gasteiger partial charge in [0, 0.05) is 12.1 Å². The monoisotopic (exact) mass is 630 g/mol. The van der Waals surface area contributed by atoms with Crippen molar-refractivity contribution in [3.05, 3.63) is 90.6 Å². The fourth-order valence-corrected chi connectivity index (χ4v) is 10.0. The minimum absolute atomic E-state index is 0.0896. The molecule has 2 aromatic rings. The molecule has 0 aromatic carbocycles. The highest BCUT2D eigenvalue weighted by Gasteiger charge is 2.63. The Morgan fingerprint density at radius 2 is 2.13 bits per heavy atom. The first kappa shape index (κ1) is 31.7. The summed E-state index contributed by atoms with van der Waals surface area (Å²) in [5, 5.41) is 14.1. The van der Waals surface area contributed by atoms with Crippen molar-refractivity contribution in [1.82, 2.24) is 15.0 Å². The normalized spacial score (nSPS) is 33.0. The Morgan fingerprint density at radius 3 is 2.89 bits per heavy atom. The van der Waals surface area contributed by atoms with Gasteiger partial charge in [0.1, 0.15) is 11.6 Å². The number of ketones is 1. The molecule has 2 aromatic heterocycles. The molecule has 4 aliphatic carbocycles. The summed E-state index contributed by atoms with van der Waals surface area (Å²) in [6.45, 7) is 12.5. The second-order valence-electron chi connectivity index (χ2n) is 13.5. The second-order valence-corrected chi connectivity index (χ2v) is 14.4. The van der Waals surface area contributed by atoms with Gasteiger partial charge in [0.2, 0.25) is 0 Å². The number of oxazole rings is 1. The van der Waals surface area contributed by atoms with Gasteiger partial charge in [-0.3, -0.25) is 4.79 Å². The number of hydrazine groups is 1. The van der Waals surface area contributed by atoms with Gasteiger partial charge in [-0.25, -0.2) is 15.2 Å². The molecular formula is C36H43FN4O3S. The van der Waals surface area contributed by atoms with Crippen molar-refractivity contribution in [3.63, 3.8) is 0 Å². The van der Waals surface area contributed by atoms with E-state index in [0.29, 0.717) is 47.0 Å². The number of carbonyl (C=O) groups is 1. The number of halogens is 1. The number of thioether (sulfide) groups is 1. The molecule has 0 radical (unpaired) electrons. The number of carbonyl (C=O) groups excluding carboxylic acids is 1. The van der Waals surface area contributed by atoms with E-state index in [1.807, 2.05) is 12.1 Å². The molecule has 3 N–H and O–H groups in total. The number of aromatic nitrogens is 2. The van der Waals surface area contributed by atoms with Crippen LogP contribution < -0.4 is 5.84 Å². The summed E-state index contributed by atoms with van der Waals surface area (Å²) in [7, 11) is 0. The third-order valence-electron chi connectivity index (χ3n) is 11.1. The summed E-state index contributed by atoms with van der Waals surface area (Å²) in [5.41, 5.74) is 3.92. The lowest BCUT2D eigenvalue weighted by Gasteiger charge is -2.60. The number of aliphatic hydroxyl groups is 1. The molecule has 4 aliphatic rings. The summed E-state index contributed by atoms with van der Waals surface area (Å²) in [6.07, 6.45) is 16.1. The number of aliphatic hydroxyl groups excluding tert-OH is 1. The standard InChI is InChI=1S/C36H43FN4O3S/c1-5-9-24(37)10-8-17-41(38)28-18-23-12-13-25-26-14-15-27(30(43)21-45-34-40-33-31(44-34)11-7-16-39-33)36(26,4)20-29(42)32(25)35(23,3)19-22(28)6-2/h5-11,16,18,25-27,29,32,42H,1-2,12-15,17,19-21,38H2,3-4H3/b10-8-,24-9+. The number of hydrogen-bond acceptors (Lipinski definition) is 8. The molecule has 0 aliphatic heterocycles. The van der Waals surface area contributed by atoms with Crippen LogP contribution in [-0.4, -0.2) is 44.3 Å². The molecule has 7 nitrogen and oxygen atoms in total. The van der Waals surface area contributed by atoms with Crippen LogP contribution in [0.4, 0.5) is 4.39 Å². The predicted molar refractivity (Wildman–Crippen MR) is 176 cm³/mol. The van der Waals surface area contributed by atoms with Gasteiger partial charge in [-0.1, -0.05) is 62.6 Å². The van der Waals surface area contributed by atoms with Crippen molar-refractivity contribution in [3.8, 4) is 0 Å². The van der Waals surface area contributed by atoms with Crippen molar-refractivity contribution >= 4 is 28.8 Å². The summed E-state index contributed by atoms with van der Waals surface area (Å²) in [4.78, 5) is 22.4. The van der Waals surface area contributed by atoms with E-state index in [1.165, 1.54) is 35.6 Å². The number of hydrogen-bond donors (Lipinski definition) is 2. The maximum Gasteiger partial charge on any atom is 0.258 e. The molecule has 0 saturated heterocycles. The summed E-state index contributed by atoms with van der Waals surface area (Å²) >= 11 is 1.34. The lowest BCUT2D eigenvalue weighted by atomic mass is 9.45. The smallest absolute Gasteiger partial charge is 0.258 e. The molecule has 3 fully saturated rings. The van der Waals surface area contributed by atoms with Crippen LogP contribution in [-0.2, 0) is 4.79 Å². The average molecular weight is 631 g/mol. The van der Waals surface area contributed by atoms with Crippen molar-refractivity contribution in [1.29, 1.82) is 0 Å². The maximum atomic E-state index is 13.8. The van der Waals surface area contributed by atoms with Crippen LogP contribution in [0.2, 0.25) is 0 Å². The molecule has 0 spiro atoms. The van der Waals surface area contributed by atoms with E-state index >= 15 is 0 Å². The number of nitrogens with two attached hydrogens (primary N) is 1. The molecule has 7 unspecified atom stereocenters. The van der Waals surface area contributed by atoms with Gasteiger partial charge in [-0.2, -0.15) is 4.98 Å². The largest absolute Gasteiger partial charge is 0.430 e. The van der Waals surface area contributed by atoms with Crippen LogP contribution in [0.1, 0.15) is 52.4 Å². The lowest BCUT2D eigenvalue weighted by molar-refractivity contribution is -0.140. The summed E-state index contributed by atoms with van der Waals surface area (Å²) < 4.78 is 19.6. The molecule has 2 heterocycles. The number of rotatable bonds is 10. The number of allylic oxidation sites excluding steroid dienone is 8. The topological polar surface area (TPSA) is 105 Å². The van der Waals surface area contributed by atoms with Crippen LogP contribution >= 0.6 is 11.8 Å². The fraction of sp³-hybridized carbons (Fsp3) is 0.472. The first-order valence-corrected chi connectivity index (χ1v) is 16.9. The van der Waals surface area contributed by atoms with Crippen LogP contribution in [0.25, 0.3) is 11.2 Å². The van der Waals surface area contributed by atoms with Crippen LogP contribution in [0.5, 0.6) is 0 Å². The van der Waals surface area contributed by atoms with E-state index in [4.69, 9.17) is 10.3 Å². The zero-order valence-corrected chi connectivity index (χ0v) is 26.9. The SMILES string of the molecule is C=C/C=C(F)\C=C/CN(N)C1=C(C=C)CC2(C)C(=C1)CCC1C2C(O)CC2(C)C(C(=O)CSc3nc4ncccc4o3)CCC12. The summed E-state index contributed by atoms with van der Waals surface area (Å²) in [6, 6.07) is 3.63. The van der Waals surface area contributed by atoms with Gasteiger partial charge in [0.25, 0.3) is 5.22 Å². The van der Waals surface area contributed by atoms with E-state index in [9.17, 15) is 14.3 Å². The first-order valence-electron chi connectivity index (χ1n) is 15.9. The van der Waals surface area contributed by atoms with Gasteiger partial charge in [0.05, 0.1) is 24.1 Å². The van der Waals surface area contributed by atoms with E-state index < -0.39 is 6.10 Å². The Bertz CT molecular complexity index is 1590. The Kier molecular flexibility index (Phi) is 8.80. The predicted octanol–water partition coefficient (Wildman–Crippen LogP) is 7.26. The quantitative estimate of drug-likeness (QED) is 0.122. The summed E-state index contributed by atoms with van der Waals surface area (Å²) in [5.74, 6) is 7.33. The Balaban J connectivity index is 1.17. The van der Waals surface area contributed by atoms with Crippen LogP contribution in [0, 0.1) is 34.5 Å². The molecule has 238 valence electrons. The van der Waals surface area contributed by atoms with Crippen molar-refractivity contribution in [2.45, 2.75) is 63.7 Å². The van der Waals surface area contributed by atoms with Crippen molar-refractivity contribution < 1.29 is 18.7 Å². The van der Waals surface area contributed by atoms with Crippen LogP contribution in [0.15, 0.2) is 100 Å². The third kappa shape index (κ3) is 5.68. The number of nitrogens with zero attached hydrogens (tertiary/aromatic N) is 3. The molecule has 45 heavy (non-hydrogen) atoms. The number of fused-ring (bicyclic) bond motifs is 6. The Hall–Kier alpha value is -3.27. The Morgan fingerprint density at radius 1 is 1.31 bits per heavy atom. The molecule has 6 rings (SSSR count). The zero-order chi connectivity index (χ0) is 31.9. The van der Waals surface area contributed by atoms with Gasteiger partial charge in [-0.05, 0) is 103 Å². The van der Waals surface area contributed by atoms with Crippen molar-refractivity contribution in [2.75, 3.05) is 12.3 Å². The maximum absolute atomic E-state index is 13.8. The van der Waals surface area contributed by atoms with Gasteiger partial charge in [0.15, 0.2) is 11.2 Å². The lowest BCUT2D eigenvalue weighted by Crippen LogP contribution is -2.57. The van der Waals surface area contributed by atoms with Gasteiger partial charge >= 0.3 is 0 Å². The van der Waals surface area contributed by atoms with E-state index in [0.717, 1.165) is 43.4 Å². The average Bonchev–Trinajstić information content (AvgIpc) is 3.59. The van der Waals surface area contributed by atoms with Crippen molar-refractivity contribution in [2.24, 2.45) is 40.3 Å². The van der Waals surface area contributed by atoms with E-state index in [1.54, 1.807) is 23.3 Å². The fourth-order valence-electron chi connectivity index (χ4n) is 9.25. The molecule has 7 atom stereocenters. The molecule has 9 heteroatoms. The molecule has 0 amide bonds. The first-order chi connectivity index (χ1) is 21.6. The van der Waals surface area contributed by atoms with E-state index in [2.05, 4.69) is 43.0 Å². The highest BCUT2D eigenvalue weighted by atomic mass is 32.2. The van der Waals surface area contributed by atoms with E-state index in [-0.39, 0.29) is 34.3 Å². The minimum Gasteiger partial charge on any atom is -0.430 e. The highest BCUT2D eigenvalue weighted by molar-refractivity contribution is 7.99. The highest BCUT2D eigenvalue weighted by Crippen LogP contribution is 2.67. The van der Waals surface area contributed by atoms with Crippen LogP contribution in [0.3, 0.4) is 0 Å². The van der Waals surface area contributed by atoms with Gasteiger partial charge in [-0.15, -0.1) is 0 Å². The molecular weight excluding hydrogens is 587 g/mol.